The number of benzene rings is 3. The number of rotatable bonds is 9. The van der Waals surface area contributed by atoms with E-state index in [1.807, 2.05) is 6.07 Å². The summed E-state index contributed by atoms with van der Waals surface area (Å²) in [5.41, 5.74) is 0.766. The Hall–Kier alpha value is -4.50. The largest absolute Gasteiger partial charge is 0.491 e. The SMILES string of the molecule is COC[C@@](COc1ccc2c(cnn2-c2ccc(F)cc2)c1)(NC(=O)c1ccco1)c1cccc(F)c1. The summed E-state index contributed by atoms with van der Waals surface area (Å²) in [6.07, 6.45) is 3.08. The first-order valence-electron chi connectivity index (χ1n) is 11.4. The predicted octanol–water partition coefficient (Wildman–Crippen LogP) is 5.25. The van der Waals surface area contributed by atoms with Gasteiger partial charge >= 0.3 is 0 Å². The van der Waals surface area contributed by atoms with Crippen molar-refractivity contribution >= 4 is 16.8 Å². The Balaban J connectivity index is 1.45. The first-order valence-corrected chi connectivity index (χ1v) is 11.4. The molecule has 5 rings (SSSR count). The number of nitrogens with one attached hydrogen (secondary N) is 1. The maximum absolute atomic E-state index is 14.2. The first kappa shape index (κ1) is 24.2. The Morgan fingerprint density at radius 3 is 2.57 bits per heavy atom. The predicted molar refractivity (Wildman–Crippen MR) is 133 cm³/mol. The zero-order valence-corrected chi connectivity index (χ0v) is 19.9. The molecule has 0 saturated heterocycles. The van der Waals surface area contributed by atoms with Gasteiger partial charge in [-0.05, 0) is 72.3 Å². The second-order valence-corrected chi connectivity index (χ2v) is 8.50. The summed E-state index contributed by atoms with van der Waals surface area (Å²) in [5.74, 6) is -0.666. The normalized spacial score (nSPS) is 12.8. The molecule has 0 aliphatic carbocycles. The van der Waals surface area contributed by atoms with Crippen LogP contribution in [0.2, 0.25) is 0 Å². The van der Waals surface area contributed by atoms with Gasteiger partial charge in [-0.15, -0.1) is 0 Å². The number of aromatic nitrogens is 2. The smallest absolute Gasteiger partial charge is 0.287 e. The third kappa shape index (κ3) is 5.07. The van der Waals surface area contributed by atoms with Crippen molar-refractivity contribution in [3.63, 3.8) is 0 Å². The molecule has 2 heterocycles. The number of carbonyl (C=O) groups is 1. The lowest BCUT2D eigenvalue weighted by molar-refractivity contribution is 0.0546. The van der Waals surface area contributed by atoms with E-state index in [1.54, 1.807) is 53.3 Å². The molecule has 1 N–H and O–H groups in total. The molecular weight excluding hydrogens is 480 g/mol. The molecule has 2 aromatic heterocycles. The van der Waals surface area contributed by atoms with Gasteiger partial charge in [0.05, 0.1) is 30.3 Å². The minimum Gasteiger partial charge on any atom is -0.491 e. The maximum atomic E-state index is 14.2. The van der Waals surface area contributed by atoms with Crippen LogP contribution < -0.4 is 10.1 Å². The number of methoxy groups -OCH3 is 1. The molecule has 1 amide bonds. The van der Waals surface area contributed by atoms with E-state index < -0.39 is 17.3 Å². The van der Waals surface area contributed by atoms with Crippen LogP contribution in [0.25, 0.3) is 16.6 Å². The Morgan fingerprint density at radius 2 is 1.84 bits per heavy atom. The number of ether oxygens (including phenoxy) is 2. The third-order valence-electron chi connectivity index (χ3n) is 5.96. The van der Waals surface area contributed by atoms with E-state index in [9.17, 15) is 13.6 Å². The summed E-state index contributed by atoms with van der Waals surface area (Å²) < 4.78 is 46.1. The van der Waals surface area contributed by atoms with Gasteiger partial charge in [-0.3, -0.25) is 4.79 Å². The van der Waals surface area contributed by atoms with Crippen molar-refractivity contribution in [3.8, 4) is 11.4 Å². The van der Waals surface area contributed by atoms with Crippen LogP contribution in [-0.2, 0) is 10.3 Å². The van der Waals surface area contributed by atoms with Crippen molar-refractivity contribution in [2.45, 2.75) is 5.54 Å². The van der Waals surface area contributed by atoms with Crippen molar-refractivity contribution in [2.75, 3.05) is 20.3 Å². The van der Waals surface area contributed by atoms with E-state index in [4.69, 9.17) is 13.9 Å². The zero-order valence-electron chi connectivity index (χ0n) is 19.9. The summed E-state index contributed by atoms with van der Waals surface area (Å²) >= 11 is 0. The van der Waals surface area contributed by atoms with Gasteiger partial charge in [0.1, 0.15) is 29.5 Å². The average molecular weight is 504 g/mol. The number of furan rings is 1. The molecule has 0 aliphatic rings. The van der Waals surface area contributed by atoms with Crippen molar-refractivity contribution in [3.05, 3.63) is 114 Å². The molecular formula is C28H23F2N3O4. The highest BCUT2D eigenvalue weighted by Gasteiger charge is 2.37. The average Bonchev–Trinajstić information content (AvgIpc) is 3.58. The molecule has 0 fully saturated rings. The molecule has 3 aromatic carbocycles. The van der Waals surface area contributed by atoms with Gasteiger partial charge in [0, 0.05) is 12.5 Å². The standard InChI is InChI=1S/C28H23F2N3O4/c1-35-17-28(20-4-2-5-22(30)15-20,32-27(34)26-6-3-13-36-26)18-37-24-11-12-25-19(14-24)16-31-33(25)23-9-7-21(29)8-10-23/h2-16H,17-18H2,1H3,(H,32,34)/t28-/m0/s1. The number of halogens is 2. The summed E-state index contributed by atoms with van der Waals surface area (Å²) in [6, 6.07) is 20.5. The van der Waals surface area contributed by atoms with Gasteiger partial charge in [0.25, 0.3) is 5.91 Å². The minimum absolute atomic E-state index is 0.00758. The lowest BCUT2D eigenvalue weighted by Gasteiger charge is -2.34. The lowest BCUT2D eigenvalue weighted by Crippen LogP contribution is -2.53. The van der Waals surface area contributed by atoms with Gasteiger partial charge in [-0.1, -0.05) is 12.1 Å². The van der Waals surface area contributed by atoms with Gasteiger partial charge in [-0.25, -0.2) is 13.5 Å². The van der Waals surface area contributed by atoms with E-state index in [1.165, 1.54) is 43.7 Å². The number of carbonyl (C=O) groups excluding carboxylic acids is 1. The van der Waals surface area contributed by atoms with Crippen molar-refractivity contribution in [1.82, 2.24) is 15.1 Å². The van der Waals surface area contributed by atoms with Gasteiger partial charge in [0.2, 0.25) is 0 Å². The molecule has 0 bridgehead atoms. The Bertz CT molecular complexity index is 1520. The first-order chi connectivity index (χ1) is 18.0. The van der Waals surface area contributed by atoms with Crippen LogP contribution in [0, 0.1) is 11.6 Å². The molecule has 0 aliphatic heterocycles. The monoisotopic (exact) mass is 503 g/mol. The summed E-state index contributed by atoms with van der Waals surface area (Å²) in [5, 5.41) is 8.12. The highest BCUT2D eigenvalue weighted by molar-refractivity contribution is 5.92. The van der Waals surface area contributed by atoms with Crippen LogP contribution in [0.4, 0.5) is 8.78 Å². The molecule has 0 unspecified atom stereocenters. The quantitative estimate of drug-likeness (QED) is 0.297. The summed E-state index contributed by atoms with van der Waals surface area (Å²) in [4.78, 5) is 13.0. The maximum Gasteiger partial charge on any atom is 0.287 e. The van der Waals surface area contributed by atoms with E-state index in [-0.39, 0.29) is 24.8 Å². The molecule has 37 heavy (non-hydrogen) atoms. The number of amides is 1. The Kier molecular flexibility index (Phi) is 6.70. The van der Waals surface area contributed by atoms with Crippen LogP contribution in [0.15, 0.2) is 95.7 Å². The highest BCUT2D eigenvalue weighted by Crippen LogP contribution is 2.28. The lowest BCUT2D eigenvalue weighted by atomic mass is 9.90. The molecule has 0 spiro atoms. The van der Waals surface area contributed by atoms with Crippen molar-refractivity contribution in [2.24, 2.45) is 0 Å². The minimum atomic E-state index is -1.23. The van der Waals surface area contributed by atoms with Crippen LogP contribution in [0.3, 0.4) is 0 Å². The second-order valence-electron chi connectivity index (χ2n) is 8.50. The van der Waals surface area contributed by atoms with Gasteiger partial charge < -0.3 is 19.2 Å². The zero-order chi connectivity index (χ0) is 25.8. The van der Waals surface area contributed by atoms with Crippen molar-refractivity contribution < 1.29 is 27.5 Å². The number of hydrogen-bond donors (Lipinski definition) is 1. The number of hydrogen-bond acceptors (Lipinski definition) is 5. The van der Waals surface area contributed by atoms with E-state index in [0.717, 1.165) is 16.6 Å². The van der Waals surface area contributed by atoms with Gasteiger partial charge in [0.15, 0.2) is 5.76 Å². The summed E-state index contributed by atoms with van der Waals surface area (Å²) in [7, 11) is 1.49. The van der Waals surface area contributed by atoms with Gasteiger partial charge in [-0.2, -0.15) is 5.10 Å². The summed E-state index contributed by atoms with van der Waals surface area (Å²) in [6.45, 7) is -0.0536. The molecule has 0 saturated carbocycles. The Morgan fingerprint density at radius 1 is 1.00 bits per heavy atom. The molecule has 7 nitrogen and oxygen atoms in total. The fourth-order valence-electron chi connectivity index (χ4n) is 4.17. The molecule has 9 heteroatoms. The fraction of sp³-hybridized carbons (Fsp3) is 0.143. The Labute approximate surface area is 211 Å². The second kappa shape index (κ2) is 10.2. The van der Waals surface area contributed by atoms with E-state index in [2.05, 4.69) is 10.4 Å². The van der Waals surface area contributed by atoms with Crippen LogP contribution in [0.5, 0.6) is 5.75 Å². The van der Waals surface area contributed by atoms with E-state index in [0.29, 0.717) is 11.3 Å². The van der Waals surface area contributed by atoms with Crippen LogP contribution in [0.1, 0.15) is 16.1 Å². The number of fused-ring (bicyclic) bond motifs is 1. The molecule has 5 aromatic rings. The molecule has 188 valence electrons. The topological polar surface area (TPSA) is 78.5 Å². The fourth-order valence-corrected chi connectivity index (χ4v) is 4.17. The van der Waals surface area contributed by atoms with E-state index >= 15 is 0 Å². The number of nitrogens with zero attached hydrogens (tertiary/aromatic N) is 2. The molecule has 1 atom stereocenters. The van der Waals surface area contributed by atoms with Crippen molar-refractivity contribution in [1.29, 1.82) is 0 Å². The highest BCUT2D eigenvalue weighted by atomic mass is 19.1. The third-order valence-corrected chi connectivity index (χ3v) is 5.96. The van der Waals surface area contributed by atoms with Crippen LogP contribution >= 0.6 is 0 Å². The molecule has 0 radical (unpaired) electrons. The van der Waals surface area contributed by atoms with Crippen LogP contribution in [-0.4, -0.2) is 36.0 Å².